The minimum Gasteiger partial charge on any atom is -0.481 e. The largest absolute Gasteiger partial charge is 0.481 e. The summed E-state index contributed by atoms with van der Waals surface area (Å²) in [5.41, 5.74) is 7.36. The van der Waals surface area contributed by atoms with Crippen molar-refractivity contribution in [3.63, 3.8) is 0 Å². The van der Waals surface area contributed by atoms with E-state index in [9.17, 15) is 0 Å². The fourth-order valence-corrected chi connectivity index (χ4v) is 1.36. The van der Waals surface area contributed by atoms with Crippen molar-refractivity contribution in [3.8, 4) is 5.88 Å². The third-order valence-electron chi connectivity index (χ3n) is 2.17. The van der Waals surface area contributed by atoms with Crippen molar-refractivity contribution in [3.05, 3.63) is 17.8 Å². The van der Waals surface area contributed by atoms with Gasteiger partial charge < -0.3 is 15.2 Å². The van der Waals surface area contributed by atoms with E-state index in [4.69, 9.17) is 15.2 Å². The number of anilines is 1. The fourth-order valence-electron chi connectivity index (χ4n) is 1.36. The molecular weight excluding hydrogens is 168 g/mol. The van der Waals surface area contributed by atoms with Crippen molar-refractivity contribution in [2.45, 2.75) is 5.92 Å². The number of pyridine rings is 1. The minimum atomic E-state index is 0.394. The molecule has 1 aliphatic rings. The summed E-state index contributed by atoms with van der Waals surface area (Å²) in [7, 11) is 1.61. The lowest BCUT2D eigenvalue weighted by Crippen LogP contribution is -2.25. The smallest absolute Gasteiger partial charge is 0.216 e. The highest BCUT2D eigenvalue weighted by atomic mass is 16.5. The van der Waals surface area contributed by atoms with Gasteiger partial charge in [0.2, 0.25) is 5.88 Å². The average Bonchev–Trinajstić information content (AvgIpc) is 2.02. The van der Waals surface area contributed by atoms with Gasteiger partial charge in [0.1, 0.15) is 0 Å². The molecular formula is C9H12N2O2. The highest BCUT2D eigenvalue weighted by Crippen LogP contribution is 2.31. The molecule has 2 rings (SSSR count). The molecule has 0 bridgehead atoms. The third kappa shape index (κ3) is 1.45. The Bertz CT molecular complexity index is 310. The topological polar surface area (TPSA) is 57.4 Å². The molecule has 0 aliphatic carbocycles. The predicted molar refractivity (Wildman–Crippen MR) is 48.8 cm³/mol. The molecule has 1 fully saturated rings. The number of hydrogen-bond donors (Lipinski definition) is 1. The molecule has 4 nitrogen and oxygen atoms in total. The Kier molecular flexibility index (Phi) is 2.06. The molecule has 1 aliphatic heterocycles. The van der Waals surface area contributed by atoms with Crippen LogP contribution in [0.4, 0.5) is 5.69 Å². The first-order valence-corrected chi connectivity index (χ1v) is 4.18. The molecule has 13 heavy (non-hydrogen) atoms. The van der Waals surface area contributed by atoms with Crippen LogP contribution in [-0.2, 0) is 4.74 Å². The molecule has 0 unspecified atom stereocenters. The van der Waals surface area contributed by atoms with Gasteiger partial charge in [-0.2, -0.15) is 0 Å². The van der Waals surface area contributed by atoms with Crippen molar-refractivity contribution >= 4 is 5.69 Å². The average molecular weight is 180 g/mol. The van der Waals surface area contributed by atoms with Crippen LogP contribution in [0, 0.1) is 0 Å². The molecule has 0 radical (unpaired) electrons. The van der Waals surface area contributed by atoms with E-state index in [0.29, 0.717) is 17.5 Å². The Morgan fingerprint density at radius 2 is 2.38 bits per heavy atom. The first kappa shape index (κ1) is 8.31. The summed E-state index contributed by atoms with van der Waals surface area (Å²) in [6.07, 6.45) is 1.60. The molecule has 0 amide bonds. The molecule has 1 saturated heterocycles. The summed E-state index contributed by atoms with van der Waals surface area (Å²) < 4.78 is 10.2. The van der Waals surface area contributed by atoms with E-state index in [1.807, 2.05) is 6.07 Å². The summed E-state index contributed by atoms with van der Waals surface area (Å²) in [6, 6.07) is 1.90. The molecule has 1 aromatic heterocycles. The molecule has 0 saturated carbocycles. The monoisotopic (exact) mass is 180 g/mol. The zero-order chi connectivity index (χ0) is 9.26. The maximum atomic E-state index is 5.64. The Balaban J connectivity index is 2.33. The number of ether oxygens (including phenoxy) is 2. The quantitative estimate of drug-likeness (QED) is 0.730. The summed E-state index contributed by atoms with van der Waals surface area (Å²) in [4.78, 5) is 4.10. The van der Waals surface area contributed by atoms with Crippen LogP contribution < -0.4 is 10.5 Å². The van der Waals surface area contributed by atoms with Gasteiger partial charge in [0.05, 0.1) is 32.2 Å². The number of rotatable bonds is 2. The van der Waals surface area contributed by atoms with Crippen molar-refractivity contribution in [2.24, 2.45) is 0 Å². The molecule has 0 spiro atoms. The van der Waals surface area contributed by atoms with Crippen LogP contribution in [0.25, 0.3) is 0 Å². The standard InChI is InChI=1S/C9H12N2O2/c1-12-9-8(6-4-13-5-6)2-7(10)3-11-9/h2-3,6H,4-5,10H2,1H3. The van der Waals surface area contributed by atoms with Crippen LogP contribution in [0.2, 0.25) is 0 Å². The second kappa shape index (κ2) is 3.22. The molecule has 4 heteroatoms. The van der Waals surface area contributed by atoms with Gasteiger partial charge in [-0.1, -0.05) is 0 Å². The van der Waals surface area contributed by atoms with Crippen LogP contribution in [0.1, 0.15) is 11.5 Å². The predicted octanol–water partition coefficient (Wildman–Crippen LogP) is 0.786. The van der Waals surface area contributed by atoms with Gasteiger partial charge in [-0.15, -0.1) is 0 Å². The highest BCUT2D eigenvalue weighted by Gasteiger charge is 2.24. The Hall–Kier alpha value is -1.29. The first-order valence-electron chi connectivity index (χ1n) is 4.18. The van der Waals surface area contributed by atoms with E-state index in [1.54, 1.807) is 13.3 Å². The summed E-state index contributed by atoms with van der Waals surface area (Å²) in [5.74, 6) is 1.05. The lowest BCUT2D eigenvalue weighted by atomic mass is 9.98. The zero-order valence-electron chi connectivity index (χ0n) is 7.49. The van der Waals surface area contributed by atoms with Gasteiger partial charge in [-0.05, 0) is 6.07 Å². The lowest BCUT2D eigenvalue weighted by Gasteiger charge is -2.27. The molecule has 2 N–H and O–H groups in total. The lowest BCUT2D eigenvalue weighted by molar-refractivity contribution is 0.00733. The van der Waals surface area contributed by atoms with E-state index in [0.717, 1.165) is 18.8 Å². The van der Waals surface area contributed by atoms with E-state index in [1.165, 1.54) is 0 Å². The van der Waals surface area contributed by atoms with Gasteiger partial charge >= 0.3 is 0 Å². The second-order valence-corrected chi connectivity index (χ2v) is 3.10. The van der Waals surface area contributed by atoms with Crippen LogP contribution in [0.15, 0.2) is 12.3 Å². The maximum absolute atomic E-state index is 5.64. The molecule has 70 valence electrons. The number of hydrogen-bond acceptors (Lipinski definition) is 4. The minimum absolute atomic E-state index is 0.394. The zero-order valence-corrected chi connectivity index (χ0v) is 7.49. The van der Waals surface area contributed by atoms with Gasteiger partial charge in [0.25, 0.3) is 0 Å². The van der Waals surface area contributed by atoms with Crippen molar-refractivity contribution in [2.75, 3.05) is 26.1 Å². The molecule has 0 atom stereocenters. The van der Waals surface area contributed by atoms with Crippen LogP contribution in [-0.4, -0.2) is 25.3 Å². The van der Waals surface area contributed by atoms with Crippen LogP contribution in [0.3, 0.4) is 0 Å². The molecule has 2 heterocycles. The van der Waals surface area contributed by atoms with Gasteiger partial charge in [0.15, 0.2) is 0 Å². The van der Waals surface area contributed by atoms with Crippen molar-refractivity contribution in [1.29, 1.82) is 0 Å². The fraction of sp³-hybridized carbons (Fsp3) is 0.444. The summed E-state index contributed by atoms with van der Waals surface area (Å²) in [6.45, 7) is 1.48. The highest BCUT2D eigenvalue weighted by molar-refractivity contribution is 5.44. The van der Waals surface area contributed by atoms with Gasteiger partial charge in [-0.3, -0.25) is 0 Å². The summed E-state index contributed by atoms with van der Waals surface area (Å²) >= 11 is 0. The Labute approximate surface area is 76.7 Å². The van der Waals surface area contributed by atoms with E-state index < -0.39 is 0 Å². The van der Waals surface area contributed by atoms with Gasteiger partial charge in [0, 0.05) is 11.5 Å². The summed E-state index contributed by atoms with van der Waals surface area (Å²) in [5, 5.41) is 0. The number of nitrogen functional groups attached to an aromatic ring is 1. The van der Waals surface area contributed by atoms with Crippen molar-refractivity contribution in [1.82, 2.24) is 4.98 Å². The Morgan fingerprint density at radius 3 is 2.92 bits per heavy atom. The normalized spacial score (nSPS) is 16.7. The van der Waals surface area contributed by atoms with E-state index >= 15 is 0 Å². The SMILES string of the molecule is COc1ncc(N)cc1C1COC1. The van der Waals surface area contributed by atoms with Gasteiger partial charge in [-0.25, -0.2) is 4.98 Å². The van der Waals surface area contributed by atoms with Crippen LogP contribution >= 0.6 is 0 Å². The second-order valence-electron chi connectivity index (χ2n) is 3.10. The number of methoxy groups -OCH3 is 1. The first-order chi connectivity index (χ1) is 6.31. The van der Waals surface area contributed by atoms with Crippen molar-refractivity contribution < 1.29 is 9.47 Å². The molecule has 1 aromatic rings. The van der Waals surface area contributed by atoms with Crippen LogP contribution in [0.5, 0.6) is 5.88 Å². The van der Waals surface area contributed by atoms with E-state index in [-0.39, 0.29) is 0 Å². The molecule has 0 aromatic carbocycles. The maximum Gasteiger partial charge on any atom is 0.216 e. The van der Waals surface area contributed by atoms with E-state index in [2.05, 4.69) is 4.98 Å². The Morgan fingerprint density at radius 1 is 1.62 bits per heavy atom. The number of aromatic nitrogens is 1. The third-order valence-corrected chi connectivity index (χ3v) is 2.17. The number of nitrogens with zero attached hydrogens (tertiary/aromatic N) is 1. The number of nitrogens with two attached hydrogens (primary N) is 1.